The Bertz CT molecular complexity index is 461. The molecule has 1 heterocycles. The van der Waals surface area contributed by atoms with E-state index in [2.05, 4.69) is 5.32 Å². The maximum atomic E-state index is 12.0. The highest BCUT2D eigenvalue weighted by Crippen LogP contribution is 2.17. The Hall–Kier alpha value is -1.26. The lowest BCUT2D eigenvalue weighted by Gasteiger charge is -2.19. The topological polar surface area (TPSA) is 41.6 Å². The van der Waals surface area contributed by atoms with Gasteiger partial charge in [-0.2, -0.15) is 0 Å². The number of nitrogens with zero attached hydrogens (tertiary/aromatic N) is 1. The number of nitrogens with one attached hydrogen (secondary N) is 1. The van der Waals surface area contributed by atoms with Crippen molar-refractivity contribution in [2.45, 2.75) is 31.7 Å². The molecule has 1 aromatic rings. The summed E-state index contributed by atoms with van der Waals surface area (Å²) in [5.74, 6) is 0.976. The largest absolute Gasteiger partial charge is 0.493 e. The number of amides is 1. The third-order valence-electron chi connectivity index (χ3n) is 3.71. The van der Waals surface area contributed by atoms with Crippen molar-refractivity contribution in [2.24, 2.45) is 0 Å². The SMILES string of the molecule is CN(CCCOc1cccc(Cl)c1)C(=O)CC1CCCN1. The minimum absolute atomic E-state index is 0.206. The number of ether oxygens (including phenoxy) is 1. The number of rotatable bonds is 7. The average Bonchev–Trinajstić information content (AvgIpc) is 2.96. The van der Waals surface area contributed by atoms with Crippen LogP contribution in [0.1, 0.15) is 25.7 Å². The van der Waals surface area contributed by atoms with Crippen LogP contribution in [0.2, 0.25) is 5.02 Å². The van der Waals surface area contributed by atoms with Crippen molar-refractivity contribution in [3.05, 3.63) is 29.3 Å². The predicted octanol–water partition coefficient (Wildman–Crippen LogP) is 2.71. The van der Waals surface area contributed by atoms with Gasteiger partial charge in [0.15, 0.2) is 0 Å². The van der Waals surface area contributed by atoms with E-state index in [-0.39, 0.29) is 5.91 Å². The van der Waals surface area contributed by atoms with Gasteiger partial charge in [-0.15, -0.1) is 0 Å². The first-order chi connectivity index (χ1) is 10.1. The zero-order valence-corrected chi connectivity index (χ0v) is 13.2. The molecule has 0 radical (unpaired) electrons. The molecule has 0 aliphatic carbocycles. The lowest BCUT2D eigenvalue weighted by molar-refractivity contribution is -0.130. The van der Waals surface area contributed by atoms with Crippen LogP contribution in [0.15, 0.2) is 24.3 Å². The number of hydrogen-bond acceptors (Lipinski definition) is 3. The molecule has 1 aliphatic heterocycles. The maximum absolute atomic E-state index is 12.0. The van der Waals surface area contributed by atoms with Gasteiger partial charge in [0.05, 0.1) is 6.61 Å². The molecule has 116 valence electrons. The van der Waals surface area contributed by atoms with Crippen LogP contribution < -0.4 is 10.1 Å². The van der Waals surface area contributed by atoms with Crippen LogP contribution in [0.4, 0.5) is 0 Å². The van der Waals surface area contributed by atoms with E-state index in [0.717, 1.165) is 25.1 Å². The molecule has 5 heteroatoms. The molecule has 0 saturated carbocycles. The first-order valence-electron chi connectivity index (χ1n) is 7.51. The summed E-state index contributed by atoms with van der Waals surface area (Å²) in [6.45, 7) is 2.33. The van der Waals surface area contributed by atoms with Gasteiger partial charge in [-0.25, -0.2) is 0 Å². The fraction of sp³-hybridized carbons (Fsp3) is 0.562. The van der Waals surface area contributed by atoms with Crippen LogP contribution in [-0.2, 0) is 4.79 Å². The number of halogens is 1. The van der Waals surface area contributed by atoms with Crippen molar-refractivity contribution in [3.63, 3.8) is 0 Å². The molecule has 4 nitrogen and oxygen atoms in total. The molecule has 0 bridgehead atoms. The summed E-state index contributed by atoms with van der Waals surface area (Å²) < 4.78 is 5.62. The summed E-state index contributed by atoms with van der Waals surface area (Å²) >= 11 is 5.89. The third kappa shape index (κ3) is 5.56. The summed E-state index contributed by atoms with van der Waals surface area (Å²) in [5.41, 5.74) is 0. The van der Waals surface area contributed by atoms with Gasteiger partial charge in [-0.3, -0.25) is 4.79 Å². The summed E-state index contributed by atoms with van der Waals surface area (Å²) in [6, 6.07) is 7.72. The Kier molecular flexibility index (Phi) is 6.33. The molecule has 1 aliphatic rings. The Labute approximate surface area is 131 Å². The highest BCUT2D eigenvalue weighted by molar-refractivity contribution is 6.30. The molecule has 0 spiro atoms. The highest BCUT2D eigenvalue weighted by atomic mass is 35.5. The number of benzene rings is 1. The normalized spacial score (nSPS) is 17.7. The van der Waals surface area contributed by atoms with Crippen molar-refractivity contribution < 1.29 is 9.53 Å². The van der Waals surface area contributed by atoms with Crippen molar-refractivity contribution in [1.82, 2.24) is 10.2 Å². The van der Waals surface area contributed by atoms with Gasteiger partial charge in [0.25, 0.3) is 0 Å². The van der Waals surface area contributed by atoms with Crippen LogP contribution in [-0.4, -0.2) is 43.6 Å². The standard InChI is InChI=1S/C16H23ClN2O2/c1-19(16(20)12-14-6-3-8-18-14)9-4-10-21-15-7-2-5-13(17)11-15/h2,5,7,11,14,18H,3-4,6,8-10,12H2,1H3. The van der Waals surface area contributed by atoms with Gasteiger partial charge >= 0.3 is 0 Å². The third-order valence-corrected chi connectivity index (χ3v) is 3.95. The van der Waals surface area contributed by atoms with E-state index in [1.54, 1.807) is 11.0 Å². The van der Waals surface area contributed by atoms with Gasteiger partial charge in [0, 0.05) is 31.1 Å². The monoisotopic (exact) mass is 310 g/mol. The molecule has 1 atom stereocenters. The van der Waals surface area contributed by atoms with E-state index in [9.17, 15) is 4.79 Å². The minimum Gasteiger partial charge on any atom is -0.493 e. The van der Waals surface area contributed by atoms with Gasteiger partial charge in [-0.05, 0) is 44.0 Å². The number of hydrogen-bond donors (Lipinski definition) is 1. The molecule has 1 aromatic carbocycles. The molecule has 2 rings (SSSR count). The summed E-state index contributed by atoms with van der Waals surface area (Å²) in [6.07, 6.45) is 3.70. The second-order valence-corrected chi connectivity index (χ2v) is 5.91. The maximum Gasteiger partial charge on any atom is 0.223 e. The van der Waals surface area contributed by atoms with Gasteiger partial charge in [-0.1, -0.05) is 17.7 Å². The molecule has 21 heavy (non-hydrogen) atoms. The smallest absolute Gasteiger partial charge is 0.223 e. The fourth-order valence-corrected chi connectivity index (χ4v) is 2.65. The van der Waals surface area contributed by atoms with Gasteiger partial charge < -0.3 is 15.0 Å². The van der Waals surface area contributed by atoms with Crippen molar-refractivity contribution >= 4 is 17.5 Å². The molecule has 1 N–H and O–H groups in total. The second-order valence-electron chi connectivity index (χ2n) is 5.47. The van der Waals surface area contributed by atoms with Crippen LogP contribution in [0.5, 0.6) is 5.75 Å². The molecule has 1 amide bonds. The van der Waals surface area contributed by atoms with Crippen LogP contribution in [0.25, 0.3) is 0 Å². The van der Waals surface area contributed by atoms with Crippen LogP contribution in [0, 0.1) is 0 Å². The molecule has 1 fully saturated rings. The van der Waals surface area contributed by atoms with Crippen molar-refractivity contribution in [1.29, 1.82) is 0 Å². The second kappa shape index (κ2) is 8.25. The summed E-state index contributed by atoms with van der Waals surface area (Å²) in [4.78, 5) is 13.8. The zero-order chi connectivity index (χ0) is 15.1. The Morgan fingerprint density at radius 2 is 2.38 bits per heavy atom. The molecular formula is C16H23ClN2O2. The number of carbonyl (C=O) groups is 1. The quantitative estimate of drug-likeness (QED) is 0.787. The fourth-order valence-electron chi connectivity index (χ4n) is 2.47. The Morgan fingerprint density at radius 3 is 3.10 bits per heavy atom. The van der Waals surface area contributed by atoms with E-state index in [1.807, 2.05) is 25.2 Å². The first kappa shape index (κ1) is 16.1. The van der Waals surface area contributed by atoms with E-state index in [4.69, 9.17) is 16.3 Å². The molecule has 0 aromatic heterocycles. The van der Waals surface area contributed by atoms with E-state index in [1.165, 1.54) is 6.42 Å². The van der Waals surface area contributed by atoms with E-state index in [0.29, 0.717) is 30.6 Å². The summed E-state index contributed by atoms with van der Waals surface area (Å²) in [5, 5.41) is 4.02. The minimum atomic E-state index is 0.206. The van der Waals surface area contributed by atoms with Crippen LogP contribution in [0.3, 0.4) is 0 Å². The van der Waals surface area contributed by atoms with Gasteiger partial charge in [0.1, 0.15) is 5.75 Å². The lowest BCUT2D eigenvalue weighted by atomic mass is 10.1. The van der Waals surface area contributed by atoms with Crippen molar-refractivity contribution in [2.75, 3.05) is 26.7 Å². The Morgan fingerprint density at radius 1 is 1.52 bits per heavy atom. The Balaban J connectivity index is 1.62. The highest BCUT2D eigenvalue weighted by Gasteiger charge is 2.19. The first-order valence-corrected chi connectivity index (χ1v) is 7.88. The van der Waals surface area contributed by atoms with Crippen molar-refractivity contribution in [3.8, 4) is 5.75 Å². The predicted molar refractivity (Wildman–Crippen MR) is 84.8 cm³/mol. The molecule has 1 unspecified atom stereocenters. The van der Waals surface area contributed by atoms with Gasteiger partial charge in [0.2, 0.25) is 5.91 Å². The molecular weight excluding hydrogens is 288 g/mol. The van der Waals surface area contributed by atoms with E-state index >= 15 is 0 Å². The molecule has 1 saturated heterocycles. The average molecular weight is 311 g/mol. The summed E-state index contributed by atoms with van der Waals surface area (Å²) in [7, 11) is 1.86. The van der Waals surface area contributed by atoms with E-state index < -0.39 is 0 Å². The number of carbonyl (C=O) groups excluding carboxylic acids is 1. The lowest BCUT2D eigenvalue weighted by Crippen LogP contribution is -2.34. The zero-order valence-electron chi connectivity index (χ0n) is 12.5. The van der Waals surface area contributed by atoms with Crippen LogP contribution >= 0.6 is 11.6 Å².